The van der Waals surface area contributed by atoms with Gasteiger partial charge in [-0.15, -0.1) is 11.8 Å². The van der Waals surface area contributed by atoms with Crippen molar-refractivity contribution in [3.8, 4) is 0 Å². The molecule has 0 N–H and O–H groups in total. The molecule has 0 unspecified atom stereocenters. The van der Waals surface area contributed by atoms with Gasteiger partial charge in [-0.05, 0) is 40.2 Å². The molecule has 2 aromatic rings. The van der Waals surface area contributed by atoms with Gasteiger partial charge in [-0.25, -0.2) is 4.39 Å². The summed E-state index contributed by atoms with van der Waals surface area (Å²) in [6.45, 7) is 2.58. The Bertz CT molecular complexity index is 720. The Morgan fingerprint density at radius 1 is 1.04 bits per heavy atom. The summed E-state index contributed by atoms with van der Waals surface area (Å²) >= 11 is 5.03. The minimum absolute atomic E-state index is 0.129. The van der Waals surface area contributed by atoms with E-state index in [4.69, 9.17) is 0 Å². The van der Waals surface area contributed by atoms with Crippen molar-refractivity contribution in [2.45, 2.75) is 4.90 Å². The number of halogens is 2. The Morgan fingerprint density at radius 2 is 1.71 bits per heavy atom. The zero-order valence-electron chi connectivity index (χ0n) is 13.1. The van der Waals surface area contributed by atoms with Crippen molar-refractivity contribution in [3.05, 3.63) is 58.8 Å². The first-order chi connectivity index (χ1) is 11.6. The van der Waals surface area contributed by atoms with Gasteiger partial charge in [-0.2, -0.15) is 0 Å². The zero-order chi connectivity index (χ0) is 16.9. The third kappa shape index (κ3) is 4.11. The molecule has 3 rings (SSSR count). The van der Waals surface area contributed by atoms with Crippen molar-refractivity contribution >= 4 is 39.3 Å². The van der Waals surface area contributed by atoms with E-state index in [1.807, 2.05) is 40.1 Å². The number of hydrogen-bond donors (Lipinski definition) is 0. The lowest BCUT2D eigenvalue weighted by Crippen LogP contribution is -2.49. The SMILES string of the molecule is O=C(CSc1ccccc1Br)N1CCN(c2ccccc2F)CC1. The normalized spacial score (nSPS) is 14.8. The summed E-state index contributed by atoms with van der Waals surface area (Å²) in [5.41, 5.74) is 0.618. The highest BCUT2D eigenvalue weighted by molar-refractivity contribution is 9.10. The highest BCUT2D eigenvalue weighted by Gasteiger charge is 2.22. The highest BCUT2D eigenvalue weighted by Crippen LogP contribution is 2.27. The Balaban J connectivity index is 1.52. The Morgan fingerprint density at radius 3 is 2.42 bits per heavy atom. The average molecular weight is 409 g/mol. The topological polar surface area (TPSA) is 23.6 Å². The van der Waals surface area contributed by atoms with E-state index in [0.29, 0.717) is 37.6 Å². The van der Waals surface area contributed by atoms with E-state index in [-0.39, 0.29) is 11.7 Å². The number of piperazine rings is 1. The largest absolute Gasteiger partial charge is 0.366 e. The number of benzene rings is 2. The maximum absolute atomic E-state index is 13.8. The van der Waals surface area contributed by atoms with E-state index in [0.717, 1.165) is 9.37 Å². The van der Waals surface area contributed by atoms with Crippen LogP contribution in [0.4, 0.5) is 10.1 Å². The van der Waals surface area contributed by atoms with Crippen molar-refractivity contribution in [3.63, 3.8) is 0 Å². The smallest absolute Gasteiger partial charge is 0.233 e. The van der Waals surface area contributed by atoms with Crippen LogP contribution in [-0.4, -0.2) is 42.7 Å². The van der Waals surface area contributed by atoms with E-state index >= 15 is 0 Å². The molecule has 0 aliphatic carbocycles. The number of amides is 1. The molecule has 1 saturated heterocycles. The predicted molar refractivity (Wildman–Crippen MR) is 100 cm³/mol. The summed E-state index contributed by atoms with van der Waals surface area (Å²) in [6.07, 6.45) is 0. The third-order valence-electron chi connectivity index (χ3n) is 4.01. The van der Waals surface area contributed by atoms with Crippen LogP contribution in [0.2, 0.25) is 0 Å². The van der Waals surface area contributed by atoms with Crippen LogP contribution < -0.4 is 4.90 Å². The average Bonchev–Trinajstić information content (AvgIpc) is 2.61. The van der Waals surface area contributed by atoms with Crippen molar-refractivity contribution in [2.75, 3.05) is 36.8 Å². The summed E-state index contributed by atoms with van der Waals surface area (Å²) in [7, 11) is 0. The van der Waals surface area contributed by atoms with E-state index < -0.39 is 0 Å². The van der Waals surface area contributed by atoms with Gasteiger partial charge in [0.25, 0.3) is 0 Å². The standard InChI is InChI=1S/C18H18BrFN2OS/c19-14-5-1-4-8-17(14)24-13-18(23)22-11-9-21(10-12-22)16-7-3-2-6-15(16)20/h1-8H,9-13H2. The fourth-order valence-electron chi connectivity index (χ4n) is 2.70. The summed E-state index contributed by atoms with van der Waals surface area (Å²) in [5, 5.41) is 0. The van der Waals surface area contributed by atoms with E-state index in [1.165, 1.54) is 17.8 Å². The molecule has 1 fully saturated rings. The van der Waals surface area contributed by atoms with Gasteiger partial charge in [-0.3, -0.25) is 4.79 Å². The number of anilines is 1. The van der Waals surface area contributed by atoms with Crippen LogP contribution >= 0.6 is 27.7 Å². The molecule has 0 aromatic heterocycles. The molecule has 0 saturated carbocycles. The minimum atomic E-state index is -0.207. The van der Waals surface area contributed by atoms with Crippen molar-refractivity contribution in [1.82, 2.24) is 4.90 Å². The molecule has 1 amide bonds. The lowest BCUT2D eigenvalue weighted by Gasteiger charge is -2.36. The number of para-hydroxylation sites is 1. The number of hydrogen-bond acceptors (Lipinski definition) is 3. The first kappa shape index (κ1) is 17.3. The van der Waals surface area contributed by atoms with E-state index in [9.17, 15) is 9.18 Å². The second kappa shape index (κ2) is 8.03. The first-order valence-electron chi connectivity index (χ1n) is 7.80. The summed E-state index contributed by atoms with van der Waals surface area (Å²) in [6, 6.07) is 14.7. The van der Waals surface area contributed by atoms with Gasteiger partial charge in [0, 0.05) is 35.5 Å². The number of thioether (sulfide) groups is 1. The molecule has 2 aromatic carbocycles. The van der Waals surface area contributed by atoms with Gasteiger partial charge in [0.15, 0.2) is 0 Å². The number of carbonyl (C=O) groups excluding carboxylic acids is 1. The Hall–Kier alpha value is -1.53. The first-order valence-corrected chi connectivity index (χ1v) is 9.57. The molecule has 1 heterocycles. The van der Waals surface area contributed by atoms with Gasteiger partial charge in [-0.1, -0.05) is 24.3 Å². The number of nitrogens with zero attached hydrogens (tertiary/aromatic N) is 2. The molecule has 0 radical (unpaired) electrons. The summed E-state index contributed by atoms with van der Waals surface area (Å²) in [4.78, 5) is 17.3. The molecule has 3 nitrogen and oxygen atoms in total. The van der Waals surface area contributed by atoms with Gasteiger partial charge in [0.05, 0.1) is 11.4 Å². The summed E-state index contributed by atoms with van der Waals surface area (Å²) < 4.78 is 14.9. The fourth-order valence-corrected chi connectivity index (χ4v) is 4.17. The molecular weight excluding hydrogens is 391 g/mol. The Kier molecular flexibility index (Phi) is 5.79. The molecule has 24 heavy (non-hydrogen) atoms. The third-order valence-corrected chi connectivity index (χ3v) is 6.03. The molecule has 1 aliphatic heterocycles. The van der Waals surface area contributed by atoms with Gasteiger partial charge in [0.2, 0.25) is 5.91 Å². The van der Waals surface area contributed by atoms with Crippen molar-refractivity contribution in [1.29, 1.82) is 0 Å². The quantitative estimate of drug-likeness (QED) is 0.713. The second-order valence-corrected chi connectivity index (χ2v) is 7.41. The number of carbonyl (C=O) groups is 1. The van der Waals surface area contributed by atoms with Crippen LogP contribution in [0.15, 0.2) is 57.9 Å². The minimum Gasteiger partial charge on any atom is -0.366 e. The van der Waals surface area contributed by atoms with Crippen LogP contribution in [0.3, 0.4) is 0 Å². The van der Waals surface area contributed by atoms with Crippen LogP contribution in [-0.2, 0) is 4.79 Å². The summed E-state index contributed by atoms with van der Waals surface area (Å²) in [5.74, 6) is 0.341. The van der Waals surface area contributed by atoms with Crippen LogP contribution in [0, 0.1) is 5.82 Å². The molecule has 0 atom stereocenters. The monoisotopic (exact) mass is 408 g/mol. The molecule has 0 spiro atoms. The molecule has 6 heteroatoms. The van der Waals surface area contributed by atoms with Gasteiger partial charge in [0.1, 0.15) is 5.82 Å². The van der Waals surface area contributed by atoms with Crippen LogP contribution in [0.1, 0.15) is 0 Å². The second-order valence-electron chi connectivity index (χ2n) is 5.54. The maximum Gasteiger partial charge on any atom is 0.233 e. The molecule has 126 valence electrons. The van der Waals surface area contributed by atoms with Crippen molar-refractivity contribution < 1.29 is 9.18 Å². The molecular formula is C18H18BrFN2OS. The highest BCUT2D eigenvalue weighted by atomic mass is 79.9. The molecule has 0 bridgehead atoms. The van der Waals surface area contributed by atoms with E-state index in [2.05, 4.69) is 15.9 Å². The maximum atomic E-state index is 13.8. The fraction of sp³-hybridized carbons (Fsp3) is 0.278. The Labute approximate surface area is 154 Å². The zero-order valence-corrected chi connectivity index (χ0v) is 15.5. The number of rotatable bonds is 4. The van der Waals surface area contributed by atoms with Gasteiger partial charge < -0.3 is 9.80 Å². The lowest BCUT2D eigenvalue weighted by molar-refractivity contribution is -0.128. The molecule has 1 aliphatic rings. The van der Waals surface area contributed by atoms with Crippen LogP contribution in [0.5, 0.6) is 0 Å². The predicted octanol–water partition coefficient (Wildman–Crippen LogP) is 4.03. The van der Waals surface area contributed by atoms with Crippen LogP contribution in [0.25, 0.3) is 0 Å². The van der Waals surface area contributed by atoms with Crippen molar-refractivity contribution in [2.24, 2.45) is 0 Å². The van der Waals surface area contributed by atoms with Gasteiger partial charge >= 0.3 is 0 Å². The lowest BCUT2D eigenvalue weighted by atomic mass is 10.2. The van der Waals surface area contributed by atoms with E-state index in [1.54, 1.807) is 12.1 Å².